The number of hydrogen-bond donors (Lipinski definition) is 2. The summed E-state index contributed by atoms with van der Waals surface area (Å²) < 4.78 is 9.39. The van der Waals surface area contributed by atoms with Crippen LogP contribution < -0.4 is 4.74 Å². The molecule has 2 aromatic carbocycles. The Balaban J connectivity index is 2.00. The van der Waals surface area contributed by atoms with Gasteiger partial charge in [-0.05, 0) is 95.5 Å². The number of benzene rings is 2. The normalized spacial score (nSPS) is 11.4. The molecule has 0 bridgehead atoms. The van der Waals surface area contributed by atoms with Crippen LogP contribution in [0.2, 0.25) is 0 Å². The topological polar surface area (TPSA) is 75.4 Å². The Morgan fingerprint density at radius 2 is 2.07 bits per heavy atom. The lowest BCUT2D eigenvalue weighted by atomic mass is 10.2. The summed E-state index contributed by atoms with van der Waals surface area (Å²) >= 11 is 9.60. The summed E-state index contributed by atoms with van der Waals surface area (Å²) in [4.78, 5) is 0. The van der Waals surface area contributed by atoms with Crippen LogP contribution in [0.3, 0.4) is 0 Å². The number of phenols is 1. The number of ether oxygens (including phenoxy) is 1. The van der Waals surface area contributed by atoms with E-state index in [-0.39, 0.29) is 11.9 Å². The van der Waals surface area contributed by atoms with Gasteiger partial charge in [0.1, 0.15) is 11.5 Å². The molecule has 0 amide bonds. The van der Waals surface area contributed by atoms with E-state index in [0.717, 1.165) is 18.5 Å². The lowest BCUT2D eigenvalue weighted by Gasteiger charge is -2.10. The molecule has 0 radical (unpaired) electrons. The van der Waals surface area contributed by atoms with Crippen molar-refractivity contribution in [3.63, 3.8) is 0 Å². The fraction of sp³-hybridized carbons (Fsp3) is 0.167. The van der Waals surface area contributed by atoms with E-state index in [1.807, 2.05) is 50.2 Å². The second-order valence-electron chi connectivity index (χ2n) is 5.93. The molecule has 3 rings (SSSR count). The number of aromatic nitrogens is 3. The van der Waals surface area contributed by atoms with E-state index in [9.17, 15) is 5.11 Å². The van der Waals surface area contributed by atoms with Crippen LogP contribution in [0.25, 0.3) is 11.4 Å². The van der Waals surface area contributed by atoms with Crippen molar-refractivity contribution in [2.75, 3.05) is 0 Å². The van der Waals surface area contributed by atoms with Crippen LogP contribution in [-0.2, 0) is 0 Å². The maximum Gasteiger partial charge on any atom is 0.216 e. The predicted octanol–water partition coefficient (Wildman–Crippen LogP) is 5.19. The lowest BCUT2D eigenvalue weighted by Crippen LogP contribution is -2.05. The largest absolute Gasteiger partial charge is 0.506 e. The van der Waals surface area contributed by atoms with Gasteiger partial charge in [-0.2, -0.15) is 14.9 Å². The second kappa shape index (κ2) is 8.69. The summed E-state index contributed by atoms with van der Waals surface area (Å²) in [7, 11) is 0. The Morgan fingerprint density at radius 3 is 2.81 bits per heavy atom. The lowest BCUT2D eigenvalue weighted by molar-refractivity contribution is 0.242. The minimum absolute atomic E-state index is 0.0742. The third-order valence-electron chi connectivity index (χ3n) is 3.48. The van der Waals surface area contributed by atoms with Crippen LogP contribution in [0.4, 0.5) is 0 Å². The maximum absolute atomic E-state index is 10.2. The molecule has 0 saturated heterocycles. The number of aromatic amines is 1. The van der Waals surface area contributed by atoms with Crippen molar-refractivity contribution in [1.82, 2.24) is 14.9 Å². The first-order valence-electron chi connectivity index (χ1n) is 8.02. The number of H-pyrrole nitrogens is 1. The van der Waals surface area contributed by atoms with Gasteiger partial charge in [-0.25, -0.2) is 5.10 Å². The first-order chi connectivity index (χ1) is 12.8. The number of phenolic OH excluding ortho intramolecular Hbond substituents is 1. The third-order valence-corrected chi connectivity index (χ3v) is 5.19. The molecule has 1 aromatic heterocycles. The molecule has 0 aliphatic heterocycles. The molecular weight excluding hydrogens is 590 g/mol. The van der Waals surface area contributed by atoms with E-state index in [0.29, 0.717) is 16.2 Å². The monoisotopic (exact) mass is 606 g/mol. The van der Waals surface area contributed by atoms with Gasteiger partial charge >= 0.3 is 0 Å². The number of nitrogens with one attached hydrogen (secondary N) is 1. The molecule has 0 atom stereocenters. The summed E-state index contributed by atoms with van der Waals surface area (Å²) in [6.45, 7) is 3.95. The molecule has 27 heavy (non-hydrogen) atoms. The molecule has 6 nitrogen and oxygen atoms in total. The van der Waals surface area contributed by atoms with Crippen molar-refractivity contribution in [2.24, 2.45) is 5.10 Å². The highest BCUT2D eigenvalue weighted by molar-refractivity contribution is 14.1. The Hall–Kier alpha value is -1.47. The van der Waals surface area contributed by atoms with Gasteiger partial charge in [0.05, 0.1) is 15.9 Å². The zero-order valence-electron chi connectivity index (χ0n) is 14.5. The predicted molar refractivity (Wildman–Crippen MR) is 125 cm³/mol. The van der Waals surface area contributed by atoms with Crippen molar-refractivity contribution < 1.29 is 9.84 Å². The highest BCUT2D eigenvalue weighted by Crippen LogP contribution is 2.26. The summed E-state index contributed by atoms with van der Waals surface area (Å²) in [6.07, 6.45) is 1.65. The van der Waals surface area contributed by atoms with Crippen molar-refractivity contribution in [3.05, 3.63) is 53.9 Å². The Kier molecular flexibility index (Phi) is 6.52. The van der Waals surface area contributed by atoms with Crippen LogP contribution in [0, 0.1) is 11.9 Å². The molecule has 140 valence electrons. The van der Waals surface area contributed by atoms with E-state index in [2.05, 4.69) is 60.5 Å². The maximum atomic E-state index is 10.2. The average molecular weight is 606 g/mol. The molecule has 2 N–H and O–H groups in total. The molecule has 3 aromatic rings. The van der Waals surface area contributed by atoms with Gasteiger partial charge in [-0.15, -0.1) is 0 Å². The van der Waals surface area contributed by atoms with E-state index in [1.54, 1.807) is 6.21 Å². The molecule has 0 fully saturated rings. The molecule has 0 spiro atoms. The standard InChI is InChI=1S/C18H16I2N4O2S/c1-10(2)26-14-5-3-4-11(7-14)17-22-23-18(27)24(17)21-9-12-6-13(19)8-15(20)16(12)25/h3-10,25H,1-2H3,(H,23,27). The number of hydrogen-bond acceptors (Lipinski definition) is 5. The first kappa shape index (κ1) is 20.3. The fourth-order valence-corrected chi connectivity index (χ4v) is 4.44. The molecule has 9 heteroatoms. The highest BCUT2D eigenvalue weighted by atomic mass is 127. The van der Waals surface area contributed by atoms with Gasteiger partial charge in [-0.1, -0.05) is 12.1 Å². The molecule has 0 aliphatic carbocycles. The van der Waals surface area contributed by atoms with Gasteiger partial charge in [0.15, 0.2) is 5.82 Å². The van der Waals surface area contributed by atoms with Gasteiger partial charge in [0.2, 0.25) is 4.77 Å². The Bertz CT molecular complexity index is 1060. The smallest absolute Gasteiger partial charge is 0.216 e. The highest BCUT2D eigenvalue weighted by Gasteiger charge is 2.11. The van der Waals surface area contributed by atoms with Crippen LogP contribution in [-0.4, -0.2) is 32.3 Å². The second-order valence-corrected chi connectivity index (χ2v) is 8.72. The summed E-state index contributed by atoms with van der Waals surface area (Å²) in [6, 6.07) is 11.3. The van der Waals surface area contributed by atoms with Crippen LogP contribution in [0.15, 0.2) is 41.5 Å². The average Bonchev–Trinajstić information content (AvgIpc) is 2.97. The van der Waals surface area contributed by atoms with E-state index in [4.69, 9.17) is 17.0 Å². The van der Waals surface area contributed by atoms with Crippen LogP contribution >= 0.6 is 57.4 Å². The Labute approximate surface area is 188 Å². The van der Waals surface area contributed by atoms with Gasteiger partial charge in [0, 0.05) is 14.7 Å². The zero-order chi connectivity index (χ0) is 19.6. The van der Waals surface area contributed by atoms with Crippen LogP contribution in [0.5, 0.6) is 11.5 Å². The van der Waals surface area contributed by atoms with Crippen molar-refractivity contribution in [3.8, 4) is 22.9 Å². The summed E-state index contributed by atoms with van der Waals surface area (Å²) in [5.41, 5.74) is 1.43. The fourth-order valence-electron chi connectivity index (χ4n) is 2.37. The number of halogens is 2. The summed E-state index contributed by atoms with van der Waals surface area (Å²) in [5, 5.41) is 21.7. The minimum atomic E-state index is 0.0742. The van der Waals surface area contributed by atoms with Gasteiger partial charge in [-0.3, -0.25) is 0 Å². The minimum Gasteiger partial charge on any atom is -0.506 e. The number of nitrogens with zero attached hydrogens (tertiary/aromatic N) is 3. The molecular formula is C18H16I2N4O2S. The van der Waals surface area contributed by atoms with Crippen LogP contribution in [0.1, 0.15) is 19.4 Å². The molecule has 0 saturated carbocycles. The number of aromatic hydroxyl groups is 1. The van der Waals surface area contributed by atoms with Crippen molar-refractivity contribution >= 4 is 63.6 Å². The summed E-state index contributed by atoms with van der Waals surface area (Å²) in [5.74, 6) is 1.49. The SMILES string of the molecule is CC(C)Oc1cccc(-c2n[nH]c(=S)n2N=Cc2cc(I)cc(I)c2O)c1. The first-order valence-corrected chi connectivity index (χ1v) is 10.6. The van der Waals surface area contributed by atoms with Crippen molar-refractivity contribution in [2.45, 2.75) is 20.0 Å². The van der Waals surface area contributed by atoms with Gasteiger partial charge < -0.3 is 9.84 Å². The quantitative estimate of drug-likeness (QED) is 0.238. The Morgan fingerprint density at radius 1 is 1.30 bits per heavy atom. The zero-order valence-corrected chi connectivity index (χ0v) is 19.6. The number of rotatable bonds is 5. The van der Waals surface area contributed by atoms with E-state index < -0.39 is 0 Å². The van der Waals surface area contributed by atoms with Gasteiger partial charge in [0.25, 0.3) is 0 Å². The molecule has 0 aliphatic rings. The van der Waals surface area contributed by atoms with E-state index in [1.165, 1.54) is 4.68 Å². The molecule has 1 heterocycles. The van der Waals surface area contributed by atoms with Crippen molar-refractivity contribution in [1.29, 1.82) is 0 Å². The van der Waals surface area contributed by atoms with E-state index >= 15 is 0 Å². The molecule has 0 unspecified atom stereocenters. The third kappa shape index (κ3) is 4.88.